The van der Waals surface area contributed by atoms with E-state index in [-0.39, 0.29) is 5.78 Å². The molecule has 1 aromatic heterocycles. The van der Waals surface area contributed by atoms with Gasteiger partial charge in [0, 0.05) is 30.9 Å². The number of anilines is 1. The van der Waals surface area contributed by atoms with Gasteiger partial charge in [-0.15, -0.1) is 0 Å². The number of aryl methyl sites for hydroxylation is 1. The summed E-state index contributed by atoms with van der Waals surface area (Å²) in [6.45, 7) is 0. The molecule has 0 amide bonds. The highest BCUT2D eigenvalue weighted by atomic mass is 32.2. The molecule has 6 heteroatoms. The Balaban J connectivity index is 1.52. The van der Waals surface area contributed by atoms with Crippen LogP contribution in [0.25, 0.3) is 0 Å². The number of benzene rings is 2. The maximum Gasteiger partial charge on any atom is 0.150 e. The molecule has 1 heterocycles. The topological polar surface area (TPSA) is 68.3 Å². The van der Waals surface area contributed by atoms with Crippen LogP contribution >= 0.6 is 0 Å². The number of rotatable bonds is 9. The summed E-state index contributed by atoms with van der Waals surface area (Å²) in [6.07, 6.45) is 5.09. The lowest BCUT2D eigenvalue weighted by Crippen LogP contribution is -2.06. The van der Waals surface area contributed by atoms with E-state index >= 15 is 0 Å². The van der Waals surface area contributed by atoms with E-state index in [1.165, 1.54) is 0 Å². The second-order valence-corrected chi connectivity index (χ2v) is 7.54. The maximum atomic E-state index is 12.5. The summed E-state index contributed by atoms with van der Waals surface area (Å²) in [7, 11) is 0.185. The van der Waals surface area contributed by atoms with Crippen molar-refractivity contribution in [3.05, 3.63) is 84.2 Å². The summed E-state index contributed by atoms with van der Waals surface area (Å²) in [5, 5.41) is 0. The summed E-state index contributed by atoms with van der Waals surface area (Å²) < 4.78 is 20.6. The van der Waals surface area contributed by atoms with Crippen molar-refractivity contribution >= 4 is 22.5 Å². The zero-order chi connectivity index (χ0) is 19.8. The Kier molecular flexibility index (Phi) is 6.92. The van der Waals surface area contributed by atoms with Crippen molar-refractivity contribution in [3.63, 3.8) is 0 Å². The van der Waals surface area contributed by atoms with Crippen LogP contribution < -0.4 is 9.46 Å². The lowest BCUT2D eigenvalue weighted by molar-refractivity contribution is -0.118. The van der Waals surface area contributed by atoms with Crippen molar-refractivity contribution in [1.82, 2.24) is 4.98 Å². The standard InChI is InChI=1S/C22H22N2O3S/c1-27-21-5-2-6-22(15-21)28(26)24-19-10-7-17(8-11-19)14-20(25)12-9-18-4-3-13-23-16-18/h2-8,10-11,13,15-16,24H,9,12,14H2,1H3. The van der Waals surface area contributed by atoms with Crippen LogP contribution in [0.1, 0.15) is 17.5 Å². The van der Waals surface area contributed by atoms with E-state index in [1.807, 2.05) is 36.4 Å². The molecule has 2 aromatic carbocycles. The van der Waals surface area contributed by atoms with E-state index in [0.29, 0.717) is 29.9 Å². The molecule has 3 aromatic rings. The first-order chi connectivity index (χ1) is 13.6. The summed E-state index contributed by atoms with van der Waals surface area (Å²) >= 11 is 0. The number of pyridine rings is 1. The molecule has 0 spiro atoms. The van der Waals surface area contributed by atoms with Gasteiger partial charge >= 0.3 is 0 Å². The molecule has 3 rings (SSSR count). The predicted octanol–water partition coefficient (Wildman–Crippen LogP) is 3.97. The highest BCUT2D eigenvalue weighted by Gasteiger charge is 2.07. The molecule has 0 aliphatic carbocycles. The van der Waals surface area contributed by atoms with Gasteiger partial charge in [-0.05, 0) is 53.9 Å². The minimum Gasteiger partial charge on any atom is -0.497 e. The minimum atomic E-state index is -1.39. The van der Waals surface area contributed by atoms with Crippen molar-refractivity contribution in [1.29, 1.82) is 0 Å². The molecule has 1 atom stereocenters. The van der Waals surface area contributed by atoms with Crippen LogP contribution in [0.5, 0.6) is 5.75 Å². The van der Waals surface area contributed by atoms with Crippen LogP contribution in [0, 0.1) is 0 Å². The van der Waals surface area contributed by atoms with Crippen LogP contribution in [0.15, 0.2) is 78.0 Å². The molecule has 1 unspecified atom stereocenters. The van der Waals surface area contributed by atoms with Gasteiger partial charge in [-0.1, -0.05) is 24.3 Å². The predicted molar refractivity (Wildman–Crippen MR) is 111 cm³/mol. The molecule has 0 radical (unpaired) electrons. The lowest BCUT2D eigenvalue weighted by atomic mass is 10.0. The van der Waals surface area contributed by atoms with Gasteiger partial charge in [0.25, 0.3) is 0 Å². The van der Waals surface area contributed by atoms with Crippen LogP contribution in [0.2, 0.25) is 0 Å². The van der Waals surface area contributed by atoms with Crippen LogP contribution in [0.3, 0.4) is 0 Å². The van der Waals surface area contributed by atoms with Gasteiger partial charge < -0.3 is 9.46 Å². The molecular weight excluding hydrogens is 372 g/mol. The monoisotopic (exact) mass is 394 g/mol. The zero-order valence-corrected chi connectivity index (χ0v) is 16.4. The molecule has 0 saturated carbocycles. The van der Waals surface area contributed by atoms with Gasteiger partial charge in [0.2, 0.25) is 0 Å². The summed E-state index contributed by atoms with van der Waals surface area (Å²) in [6, 6.07) is 18.4. The molecule has 5 nitrogen and oxygen atoms in total. The number of methoxy groups -OCH3 is 1. The lowest BCUT2D eigenvalue weighted by Gasteiger charge is -2.08. The van der Waals surface area contributed by atoms with Crippen molar-refractivity contribution in [2.45, 2.75) is 24.2 Å². The minimum absolute atomic E-state index is 0.185. The molecule has 0 saturated heterocycles. The Morgan fingerprint density at radius 1 is 1.07 bits per heavy atom. The summed E-state index contributed by atoms with van der Waals surface area (Å²) in [5.41, 5.74) is 2.73. The highest BCUT2D eigenvalue weighted by Crippen LogP contribution is 2.18. The van der Waals surface area contributed by atoms with E-state index in [0.717, 1.165) is 16.8 Å². The van der Waals surface area contributed by atoms with Crippen LogP contribution in [-0.2, 0) is 28.6 Å². The molecule has 28 heavy (non-hydrogen) atoms. The second kappa shape index (κ2) is 9.80. The van der Waals surface area contributed by atoms with Crippen LogP contribution in [-0.4, -0.2) is 22.1 Å². The number of hydrogen-bond donors (Lipinski definition) is 1. The fourth-order valence-corrected chi connectivity index (χ4v) is 3.61. The van der Waals surface area contributed by atoms with E-state index in [4.69, 9.17) is 4.74 Å². The van der Waals surface area contributed by atoms with Crippen LogP contribution in [0.4, 0.5) is 5.69 Å². The van der Waals surface area contributed by atoms with Gasteiger partial charge in [0.15, 0.2) is 0 Å². The number of nitrogens with one attached hydrogen (secondary N) is 1. The van der Waals surface area contributed by atoms with Gasteiger partial charge in [-0.2, -0.15) is 0 Å². The highest BCUT2D eigenvalue weighted by molar-refractivity contribution is 7.86. The smallest absolute Gasteiger partial charge is 0.150 e. The fraction of sp³-hybridized carbons (Fsp3) is 0.182. The molecule has 0 fully saturated rings. The van der Waals surface area contributed by atoms with E-state index in [9.17, 15) is 9.00 Å². The van der Waals surface area contributed by atoms with Gasteiger partial charge in [-0.3, -0.25) is 9.78 Å². The normalized spacial score (nSPS) is 11.6. The number of carbonyl (C=O) groups excluding carboxylic acids is 1. The Bertz CT molecular complexity index is 944. The third-order valence-electron chi connectivity index (χ3n) is 4.24. The number of ether oxygens (including phenoxy) is 1. The second-order valence-electron chi connectivity index (χ2n) is 6.32. The Morgan fingerprint density at radius 3 is 2.61 bits per heavy atom. The van der Waals surface area contributed by atoms with Gasteiger partial charge in [-0.25, -0.2) is 4.21 Å². The SMILES string of the molecule is COc1cccc(S(=O)Nc2ccc(CC(=O)CCc3cccnc3)cc2)c1. The number of ketones is 1. The largest absolute Gasteiger partial charge is 0.497 e. The van der Waals surface area contributed by atoms with Gasteiger partial charge in [0.05, 0.1) is 12.0 Å². The first kappa shape index (κ1) is 19.8. The molecule has 1 N–H and O–H groups in total. The Hall–Kier alpha value is -2.99. The third-order valence-corrected chi connectivity index (χ3v) is 5.34. The number of hydrogen-bond acceptors (Lipinski definition) is 4. The molecular formula is C22H22N2O3S. The summed E-state index contributed by atoms with van der Waals surface area (Å²) in [4.78, 5) is 16.9. The number of nitrogens with zero attached hydrogens (tertiary/aromatic N) is 1. The fourth-order valence-electron chi connectivity index (χ4n) is 2.72. The quantitative estimate of drug-likeness (QED) is 0.596. The third kappa shape index (κ3) is 5.76. The van der Waals surface area contributed by atoms with E-state index < -0.39 is 11.0 Å². The Morgan fingerprint density at radius 2 is 1.89 bits per heavy atom. The number of Topliss-reactive ketones (excluding diaryl/α,β-unsaturated/α-hetero) is 1. The molecule has 144 valence electrons. The van der Waals surface area contributed by atoms with Crippen molar-refractivity contribution in [2.75, 3.05) is 11.8 Å². The first-order valence-corrected chi connectivity index (χ1v) is 10.1. The van der Waals surface area contributed by atoms with E-state index in [2.05, 4.69) is 9.71 Å². The number of aromatic nitrogens is 1. The maximum absolute atomic E-state index is 12.5. The summed E-state index contributed by atoms with van der Waals surface area (Å²) in [5.74, 6) is 0.845. The molecule has 0 bridgehead atoms. The van der Waals surface area contributed by atoms with Gasteiger partial charge in [0.1, 0.15) is 22.5 Å². The van der Waals surface area contributed by atoms with Crippen molar-refractivity contribution < 1.29 is 13.7 Å². The van der Waals surface area contributed by atoms with Crippen molar-refractivity contribution in [3.8, 4) is 5.75 Å². The van der Waals surface area contributed by atoms with E-state index in [1.54, 1.807) is 43.8 Å². The first-order valence-electron chi connectivity index (χ1n) is 8.96. The Labute approximate surface area is 167 Å². The average Bonchev–Trinajstić information content (AvgIpc) is 2.74. The number of carbonyl (C=O) groups is 1. The average molecular weight is 394 g/mol. The molecule has 0 aliphatic rings. The molecule has 0 aliphatic heterocycles. The van der Waals surface area contributed by atoms with Crippen molar-refractivity contribution in [2.24, 2.45) is 0 Å². The zero-order valence-electron chi connectivity index (χ0n) is 15.6.